The molecule has 1 atom stereocenters. The van der Waals surface area contributed by atoms with Gasteiger partial charge in [-0.3, -0.25) is 4.79 Å². The zero-order valence-electron chi connectivity index (χ0n) is 17.2. The Kier molecular flexibility index (Phi) is 4.60. The van der Waals surface area contributed by atoms with Gasteiger partial charge in [0.2, 0.25) is 0 Å². The van der Waals surface area contributed by atoms with Gasteiger partial charge in [0.1, 0.15) is 0 Å². The maximum atomic E-state index is 13.4. The van der Waals surface area contributed by atoms with E-state index in [0.29, 0.717) is 5.39 Å². The molecule has 3 aromatic carbocycles. The number of hydrogen-bond donors (Lipinski definition) is 1. The Morgan fingerprint density at radius 2 is 1.83 bits per heavy atom. The lowest BCUT2D eigenvalue weighted by Crippen LogP contribution is -2.29. The maximum absolute atomic E-state index is 13.4. The van der Waals surface area contributed by atoms with Crippen LogP contribution in [0.2, 0.25) is 0 Å². The Hall–Kier alpha value is -3.44. The van der Waals surface area contributed by atoms with Crippen molar-refractivity contribution in [1.82, 2.24) is 14.7 Å². The second-order valence-corrected chi connectivity index (χ2v) is 8.08. The molecule has 0 radical (unpaired) electrons. The van der Waals surface area contributed by atoms with Crippen LogP contribution in [0, 0.1) is 0 Å². The quantitative estimate of drug-likeness (QED) is 0.566. The number of anilines is 1. The molecule has 0 aliphatic carbocycles. The molecule has 150 valence electrons. The molecule has 1 aliphatic rings. The van der Waals surface area contributed by atoms with Crippen molar-refractivity contribution in [2.75, 3.05) is 26.0 Å². The van der Waals surface area contributed by atoms with Gasteiger partial charge in [0.15, 0.2) is 0 Å². The predicted molar refractivity (Wildman–Crippen MR) is 122 cm³/mol. The first-order valence-electron chi connectivity index (χ1n) is 10.2. The highest BCUT2D eigenvalue weighted by molar-refractivity contribution is 5.97. The first-order valence-corrected chi connectivity index (χ1v) is 10.2. The van der Waals surface area contributed by atoms with Gasteiger partial charge in [-0.15, -0.1) is 0 Å². The molecule has 1 unspecified atom stereocenters. The third-order valence-electron chi connectivity index (χ3n) is 5.63. The summed E-state index contributed by atoms with van der Waals surface area (Å²) in [6, 6.07) is 24.3. The van der Waals surface area contributed by atoms with Gasteiger partial charge in [-0.2, -0.15) is 9.78 Å². The number of nitrogens with one attached hydrogen (secondary N) is 1. The first-order chi connectivity index (χ1) is 14.6. The Balaban J connectivity index is 1.75. The van der Waals surface area contributed by atoms with E-state index >= 15 is 0 Å². The molecule has 0 spiro atoms. The van der Waals surface area contributed by atoms with Crippen LogP contribution in [0.4, 0.5) is 5.69 Å². The van der Waals surface area contributed by atoms with Crippen molar-refractivity contribution in [1.29, 1.82) is 0 Å². The van der Waals surface area contributed by atoms with Crippen LogP contribution >= 0.6 is 0 Å². The van der Waals surface area contributed by atoms with Crippen LogP contribution in [0.3, 0.4) is 0 Å². The molecule has 4 aromatic rings. The Morgan fingerprint density at radius 1 is 1.03 bits per heavy atom. The third-order valence-corrected chi connectivity index (χ3v) is 5.63. The van der Waals surface area contributed by atoms with Crippen LogP contribution in [0.1, 0.15) is 22.7 Å². The van der Waals surface area contributed by atoms with Gasteiger partial charge in [-0.05, 0) is 49.5 Å². The van der Waals surface area contributed by atoms with E-state index in [1.54, 1.807) is 4.68 Å². The van der Waals surface area contributed by atoms with Crippen molar-refractivity contribution in [2.45, 2.75) is 12.5 Å². The van der Waals surface area contributed by atoms with Gasteiger partial charge in [0.25, 0.3) is 5.56 Å². The van der Waals surface area contributed by atoms with Crippen molar-refractivity contribution in [2.24, 2.45) is 0 Å². The smallest absolute Gasteiger partial charge is 0.279 e. The summed E-state index contributed by atoms with van der Waals surface area (Å²) in [5, 5.41) is 10.1. The summed E-state index contributed by atoms with van der Waals surface area (Å²) in [5.41, 5.74) is 4.98. The second-order valence-electron chi connectivity index (χ2n) is 8.08. The number of aromatic nitrogens is 2. The van der Waals surface area contributed by atoms with Crippen molar-refractivity contribution in [3.63, 3.8) is 0 Å². The van der Waals surface area contributed by atoms with E-state index in [9.17, 15) is 4.79 Å². The molecule has 2 heterocycles. The maximum Gasteiger partial charge on any atom is 0.279 e. The van der Waals surface area contributed by atoms with Gasteiger partial charge in [-0.1, -0.05) is 48.5 Å². The Bertz CT molecular complexity index is 1280. The Labute approximate surface area is 175 Å². The van der Waals surface area contributed by atoms with Crippen LogP contribution in [-0.2, 0) is 6.54 Å². The minimum atomic E-state index is -0.0897. The number of rotatable bonds is 4. The summed E-state index contributed by atoms with van der Waals surface area (Å²) < 4.78 is 1.57. The lowest BCUT2D eigenvalue weighted by atomic mass is 9.89. The van der Waals surface area contributed by atoms with Crippen LogP contribution in [0.5, 0.6) is 0 Å². The van der Waals surface area contributed by atoms with Crippen molar-refractivity contribution in [3.05, 3.63) is 100.0 Å². The number of nitrogens with zero attached hydrogens (tertiary/aromatic N) is 3. The van der Waals surface area contributed by atoms with E-state index in [4.69, 9.17) is 5.10 Å². The highest BCUT2D eigenvalue weighted by atomic mass is 16.1. The van der Waals surface area contributed by atoms with Crippen LogP contribution in [0.25, 0.3) is 16.5 Å². The summed E-state index contributed by atoms with van der Waals surface area (Å²) in [5.74, 6) is 0.0837. The SMILES string of the molecule is CN(C)Cc1cccc(-n2nc3c4c(cccc4c2=O)NCC3c2ccccc2)c1. The van der Waals surface area contributed by atoms with E-state index in [0.717, 1.165) is 41.1 Å². The van der Waals surface area contributed by atoms with Gasteiger partial charge in [0.05, 0.1) is 16.8 Å². The van der Waals surface area contributed by atoms with E-state index < -0.39 is 0 Å². The van der Waals surface area contributed by atoms with E-state index in [1.807, 2.05) is 62.6 Å². The fourth-order valence-corrected chi connectivity index (χ4v) is 4.31. The summed E-state index contributed by atoms with van der Waals surface area (Å²) in [6.07, 6.45) is 0. The topological polar surface area (TPSA) is 50.2 Å². The fraction of sp³-hybridized carbons (Fsp3) is 0.200. The molecule has 0 saturated heterocycles. The van der Waals surface area contributed by atoms with Gasteiger partial charge >= 0.3 is 0 Å². The molecule has 1 aliphatic heterocycles. The minimum Gasteiger partial charge on any atom is -0.383 e. The fourth-order valence-electron chi connectivity index (χ4n) is 4.31. The van der Waals surface area contributed by atoms with Gasteiger partial charge in [-0.25, -0.2) is 0 Å². The normalized spacial score (nSPS) is 15.4. The van der Waals surface area contributed by atoms with Crippen molar-refractivity contribution < 1.29 is 0 Å². The summed E-state index contributed by atoms with van der Waals surface area (Å²) in [7, 11) is 4.08. The molecular weight excluding hydrogens is 372 g/mol. The highest BCUT2D eigenvalue weighted by Crippen LogP contribution is 2.36. The molecule has 5 heteroatoms. The zero-order valence-corrected chi connectivity index (χ0v) is 17.2. The van der Waals surface area contributed by atoms with Crippen molar-refractivity contribution >= 4 is 16.5 Å². The lowest BCUT2D eigenvalue weighted by molar-refractivity contribution is 0.402. The van der Waals surface area contributed by atoms with Gasteiger partial charge in [0, 0.05) is 30.1 Å². The second kappa shape index (κ2) is 7.43. The minimum absolute atomic E-state index is 0.0837. The molecule has 5 rings (SSSR count). The first kappa shape index (κ1) is 18.6. The zero-order chi connectivity index (χ0) is 20.7. The lowest BCUT2D eigenvalue weighted by Gasteiger charge is -2.27. The number of hydrogen-bond acceptors (Lipinski definition) is 4. The molecule has 0 fully saturated rings. The molecule has 0 amide bonds. The molecule has 5 nitrogen and oxygen atoms in total. The number of benzene rings is 3. The van der Waals surface area contributed by atoms with Crippen LogP contribution in [0.15, 0.2) is 77.6 Å². The van der Waals surface area contributed by atoms with Crippen molar-refractivity contribution in [3.8, 4) is 5.69 Å². The van der Waals surface area contributed by atoms with E-state index in [2.05, 4.69) is 34.5 Å². The molecule has 30 heavy (non-hydrogen) atoms. The standard InChI is InChI=1S/C25H24N4O/c1-28(2)16-17-8-6-11-19(14-17)29-25(30)20-12-7-13-22-23(20)24(27-29)21(15-26-22)18-9-4-3-5-10-18/h3-14,21,26H,15-16H2,1-2H3. The molecule has 0 saturated carbocycles. The largest absolute Gasteiger partial charge is 0.383 e. The Morgan fingerprint density at radius 3 is 2.63 bits per heavy atom. The van der Waals surface area contributed by atoms with E-state index in [1.165, 1.54) is 5.56 Å². The van der Waals surface area contributed by atoms with Gasteiger partial charge < -0.3 is 10.2 Å². The summed E-state index contributed by atoms with van der Waals surface area (Å²) in [6.45, 7) is 1.56. The summed E-state index contributed by atoms with van der Waals surface area (Å²) >= 11 is 0. The third kappa shape index (κ3) is 3.17. The van der Waals surface area contributed by atoms with E-state index in [-0.39, 0.29) is 11.5 Å². The molecule has 1 aromatic heterocycles. The monoisotopic (exact) mass is 396 g/mol. The summed E-state index contributed by atoms with van der Waals surface area (Å²) in [4.78, 5) is 15.5. The van der Waals surface area contributed by atoms with Crippen LogP contribution < -0.4 is 10.9 Å². The molecule has 1 N–H and O–H groups in total. The molecular formula is C25H24N4O. The molecule has 0 bridgehead atoms. The average Bonchev–Trinajstić information content (AvgIpc) is 2.76. The average molecular weight is 396 g/mol. The predicted octanol–water partition coefficient (Wildman–Crippen LogP) is 4.00. The van der Waals surface area contributed by atoms with Crippen LogP contribution in [-0.4, -0.2) is 35.3 Å². The highest BCUT2D eigenvalue weighted by Gasteiger charge is 2.27.